The molecule has 0 fully saturated rings. The number of hydrogen-bond acceptors (Lipinski definition) is 2. The van der Waals surface area contributed by atoms with Crippen molar-refractivity contribution in [3.05, 3.63) is 0 Å². The second-order valence-corrected chi connectivity index (χ2v) is 5.79. The van der Waals surface area contributed by atoms with Crippen LogP contribution in [0.25, 0.3) is 0 Å². The van der Waals surface area contributed by atoms with Crippen LogP contribution in [0.4, 0.5) is 0 Å². The van der Waals surface area contributed by atoms with Crippen molar-refractivity contribution >= 4 is 0 Å². The van der Waals surface area contributed by atoms with E-state index in [1.807, 2.05) is 0 Å². The summed E-state index contributed by atoms with van der Waals surface area (Å²) in [6, 6.07) is 1.71. The number of nitrogens with zero attached hydrogens (tertiary/aromatic N) is 1. The predicted octanol–water partition coefficient (Wildman–Crippen LogP) is 2.74. The lowest BCUT2D eigenvalue weighted by Crippen LogP contribution is -2.51. The van der Waals surface area contributed by atoms with Crippen molar-refractivity contribution in [1.82, 2.24) is 10.2 Å². The summed E-state index contributed by atoms with van der Waals surface area (Å²) >= 11 is 0. The first kappa shape index (κ1) is 14.9. The molecule has 0 amide bonds. The fraction of sp³-hybridized carbons (Fsp3) is 1.00. The van der Waals surface area contributed by atoms with E-state index in [2.05, 4.69) is 65.7 Å². The fourth-order valence-electron chi connectivity index (χ4n) is 1.81. The molecule has 0 aromatic rings. The van der Waals surface area contributed by atoms with Gasteiger partial charge in [0.15, 0.2) is 0 Å². The molecule has 0 bridgehead atoms. The summed E-state index contributed by atoms with van der Waals surface area (Å²) in [6.07, 6.45) is 0. The van der Waals surface area contributed by atoms with Gasteiger partial charge in [-0.15, -0.1) is 0 Å². The molecule has 15 heavy (non-hydrogen) atoms. The first-order valence-corrected chi connectivity index (χ1v) is 6.17. The largest absolute Gasteiger partial charge is 0.313 e. The summed E-state index contributed by atoms with van der Waals surface area (Å²) < 4.78 is 0. The maximum absolute atomic E-state index is 3.49. The average Bonchev–Trinajstić information content (AvgIpc) is 2.13. The molecule has 0 aliphatic carbocycles. The maximum atomic E-state index is 3.49. The molecule has 2 heteroatoms. The second kappa shape index (κ2) is 5.86. The van der Waals surface area contributed by atoms with E-state index < -0.39 is 0 Å². The lowest BCUT2D eigenvalue weighted by atomic mass is 9.86. The lowest BCUT2D eigenvalue weighted by Gasteiger charge is -2.41. The van der Waals surface area contributed by atoms with Crippen LogP contribution < -0.4 is 5.32 Å². The van der Waals surface area contributed by atoms with Gasteiger partial charge in [-0.3, -0.25) is 4.90 Å². The van der Waals surface area contributed by atoms with Crippen molar-refractivity contribution in [2.45, 2.75) is 66.6 Å². The maximum Gasteiger partial charge on any atom is 0.0218 e. The molecule has 3 atom stereocenters. The highest BCUT2D eigenvalue weighted by Crippen LogP contribution is 2.24. The molecule has 2 nitrogen and oxygen atoms in total. The lowest BCUT2D eigenvalue weighted by molar-refractivity contribution is 0.0889. The van der Waals surface area contributed by atoms with Crippen LogP contribution in [0.5, 0.6) is 0 Å². The molecular weight excluding hydrogens is 184 g/mol. The summed E-state index contributed by atoms with van der Waals surface area (Å²) in [5, 5.41) is 3.49. The first-order chi connectivity index (χ1) is 6.71. The molecule has 0 aliphatic heterocycles. The molecule has 3 unspecified atom stereocenters. The van der Waals surface area contributed by atoms with Gasteiger partial charge in [0.2, 0.25) is 0 Å². The highest BCUT2D eigenvalue weighted by molar-refractivity contribution is 4.84. The molecule has 0 saturated carbocycles. The topological polar surface area (TPSA) is 15.3 Å². The van der Waals surface area contributed by atoms with Gasteiger partial charge in [-0.05, 0) is 39.8 Å². The van der Waals surface area contributed by atoms with Crippen molar-refractivity contribution in [1.29, 1.82) is 0 Å². The van der Waals surface area contributed by atoms with Gasteiger partial charge >= 0.3 is 0 Å². The van der Waals surface area contributed by atoms with Gasteiger partial charge in [0.1, 0.15) is 0 Å². The molecular formula is C13H30N2. The van der Waals surface area contributed by atoms with Crippen LogP contribution in [0.1, 0.15) is 48.5 Å². The normalized spacial score (nSPS) is 19.0. The summed E-state index contributed by atoms with van der Waals surface area (Å²) in [5.41, 5.74) is 0.342. The summed E-state index contributed by atoms with van der Waals surface area (Å²) in [5.74, 6) is 0. The molecule has 0 rings (SSSR count). The highest BCUT2D eigenvalue weighted by Gasteiger charge is 2.28. The van der Waals surface area contributed by atoms with E-state index in [4.69, 9.17) is 0 Å². The van der Waals surface area contributed by atoms with Crippen molar-refractivity contribution < 1.29 is 0 Å². The van der Waals surface area contributed by atoms with Crippen LogP contribution in [-0.4, -0.2) is 36.6 Å². The average molecular weight is 214 g/mol. The minimum absolute atomic E-state index is 0.342. The van der Waals surface area contributed by atoms with Gasteiger partial charge in [0.05, 0.1) is 0 Å². The van der Waals surface area contributed by atoms with Crippen molar-refractivity contribution in [2.24, 2.45) is 5.41 Å². The van der Waals surface area contributed by atoms with E-state index in [0.717, 1.165) is 6.54 Å². The minimum Gasteiger partial charge on any atom is -0.313 e. The number of rotatable bonds is 5. The number of nitrogens with one attached hydrogen (secondary N) is 1. The Labute approximate surface area is 96.4 Å². The number of hydrogen-bond donors (Lipinski definition) is 1. The third-order valence-corrected chi connectivity index (χ3v) is 3.76. The molecule has 1 N–H and O–H groups in total. The van der Waals surface area contributed by atoms with Crippen LogP contribution in [0.2, 0.25) is 0 Å². The predicted molar refractivity (Wildman–Crippen MR) is 69.3 cm³/mol. The van der Waals surface area contributed by atoms with Crippen molar-refractivity contribution in [3.8, 4) is 0 Å². The number of likely N-dealkylation sites (N-methyl/N-ethyl adjacent to an activating group) is 2. The highest BCUT2D eigenvalue weighted by atomic mass is 15.2. The van der Waals surface area contributed by atoms with Gasteiger partial charge in [0, 0.05) is 18.1 Å². The Balaban J connectivity index is 4.36. The van der Waals surface area contributed by atoms with E-state index in [-0.39, 0.29) is 0 Å². The smallest absolute Gasteiger partial charge is 0.0218 e. The van der Waals surface area contributed by atoms with Crippen molar-refractivity contribution in [2.75, 3.05) is 13.6 Å². The van der Waals surface area contributed by atoms with E-state index in [0.29, 0.717) is 23.5 Å². The zero-order valence-corrected chi connectivity index (χ0v) is 11.9. The first-order valence-electron chi connectivity index (χ1n) is 6.17. The minimum atomic E-state index is 0.342. The Morgan fingerprint density at radius 3 is 1.93 bits per heavy atom. The van der Waals surface area contributed by atoms with E-state index in [1.165, 1.54) is 0 Å². The van der Waals surface area contributed by atoms with E-state index in [9.17, 15) is 0 Å². The van der Waals surface area contributed by atoms with Gasteiger partial charge in [-0.2, -0.15) is 0 Å². The molecule has 0 aromatic carbocycles. The van der Waals surface area contributed by atoms with Crippen LogP contribution in [0.15, 0.2) is 0 Å². The summed E-state index contributed by atoms with van der Waals surface area (Å²) in [6.45, 7) is 17.0. The Morgan fingerprint density at radius 2 is 1.60 bits per heavy atom. The van der Waals surface area contributed by atoms with Gasteiger partial charge < -0.3 is 5.32 Å². The van der Waals surface area contributed by atoms with E-state index in [1.54, 1.807) is 0 Å². The Bertz CT molecular complexity index is 172. The third-order valence-electron chi connectivity index (χ3n) is 3.76. The van der Waals surface area contributed by atoms with Crippen LogP contribution in [0.3, 0.4) is 0 Å². The molecule has 0 heterocycles. The SMILES string of the molecule is CCNC(C)C(C)N(C)C(C)C(C)(C)C. The van der Waals surface area contributed by atoms with Gasteiger partial charge in [-0.1, -0.05) is 27.7 Å². The van der Waals surface area contributed by atoms with E-state index >= 15 is 0 Å². The molecule has 0 aromatic heterocycles. The molecule has 0 spiro atoms. The Morgan fingerprint density at radius 1 is 1.13 bits per heavy atom. The van der Waals surface area contributed by atoms with Crippen LogP contribution in [0, 0.1) is 5.41 Å². The van der Waals surface area contributed by atoms with Crippen LogP contribution in [-0.2, 0) is 0 Å². The van der Waals surface area contributed by atoms with Crippen LogP contribution >= 0.6 is 0 Å². The zero-order chi connectivity index (χ0) is 12.2. The molecule has 0 aliphatic rings. The summed E-state index contributed by atoms with van der Waals surface area (Å²) in [4.78, 5) is 2.48. The quantitative estimate of drug-likeness (QED) is 0.757. The Kier molecular flexibility index (Phi) is 5.82. The molecule has 0 saturated heterocycles. The van der Waals surface area contributed by atoms with Crippen molar-refractivity contribution in [3.63, 3.8) is 0 Å². The monoisotopic (exact) mass is 214 g/mol. The Hall–Kier alpha value is -0.0800. The third kappa shape index (κ3) is 4.52. The summed E-state index contributed by atoms with van der Waals surface area (Å²) in [7, 11) is 2.23. The molecule has 92 valence electrons. The molecule has 0 radical (unpaired) electrons. The standard InChI is InChI=1S/C13H30N2/c1-9-14-10(2)11(3)15(8)12(4)13(5,6)7/h10-12,14H,9H2,1-8H3. The van der Waals surface area contributed by atoms with Gasteiger partial charge in [0.25, 0.3) is 0 Å². The second-order valence-electron chi connectivity index (χ2n) is 5.79. The zero-order valence-electron chi connectivity index (χ0n) is 11.9. The van der Waals surface area contributed by atoms with Gasteiger partial charge in [-0.25, -0.2) is 0 Å². The fourth-order valence-corrected chi connectivity index (χ4v) is 1.81.